The third kappa shape index (κ3) is 3.38. The number of furan rings is 1. The fourth-order valence-electron chi connectivity index (χ4n) is 2.86. The Balaban J connectivity index is 2.17. The smallest absolute Gasteiger partial charge is 0.122 e. The highest BCUT2D eigenvalue weighted by atomic mass is 16.3. The number of rotatable bonds is 7. The van der Waals surface area contributed by atoms with Gasteiger partial charge in [0.05, 0.1) is 6.04 Å². The Kier molecular flexibility index (Phi) is 5.02. The zero-order valence-corrected chi connectivity index (χ0v) is 12.0. The molecule has 1 aliphatic carbocycles. The van der Waals surface area contributed by atoms with Crippen LogP contribution in [0.1, 0.15) is 50.2 Å². The summed E-state index contributed by atoms with van der Waals surface area (Å²) in [5, 5.41) is 9.10. The van der Waals surface area contributed by atoms with Crippen LogP contribution in [0.2, 0.25) is 0 Å². The van der Waals surface area contributed by atoms with Crippen molar-refractivity contribution in [1.29, 1.82) is 0 Å². The molecule has 3 N–H and O–H groups in total. The van der Waals surface area contributed by atoms with E-state index in [0.717, 1.165) is 24.5 Å². The Morgan fingerprint density at radius 1 is 1.47 bits per heavy atom. The number of nitrogens with zero attached hydrogens (tertiary/aromatic N) is 1. The number of aliphatic hydroxyl groups excluding tert-OH is 1. The van der Waals surface area contributed by atoms with E-state index in [-0.39, 0.29) is 18.7 Å². The van der Waals surface area contributed by atoms with Gasteiger partial charge in [-0.05, 0) is 45.2 Å². The number of hydrogen-bond donors (Lipinski definition) is 2. The number of hydrogen-bond acceptors (Lipinski definition) is 4. The van der Waals surface area contributed by atoms with E-state index in [1.54, 1.807) is 0 Å². The van der Waals surface area contributed by atoms with Gasteiger partial charge in [-0.15, -0.1) is 0 Å². The first-order valence-corrected chi connectivity index (χ1v) is 7.32. The number of aliphatic hydroxyl groups is 1. The summed E-state index contributed by atoms with van der Waals surface area (Å²) >= 11 is 0. The quantitative estimate of drug-likeness (QED) is 0.794. The van der Waals surface area contributed by atoms with E-state index >= 15 is 0 Å². The van der Waals surface area contributed by atoms with Crippen LogP contribution in [0, 0.1) is 6.92 Å². The van der Waals surface area contributed by atoms with E-state index < -0.39 is 0 Å². The average Bonchev–Trinajstić information content (AvgIpc) is 2.69. The van der Waals surface area contributed by atoms with Crippen LogP contribution in [-0.2, 0) is 0 Å². The van der Waals surface area contributed by atoms with Crippen molar-refractivity contribution in [2.24, 2.45) is 5.73 Å². The second-order valence-electron chi connectivity index (χ2n) is 5.65. The molecule has 1 aromatic rings. The van der Waals surface area contributed by atoms with Crippen LogP contribution in [0.25, 0.3) is 0 Å². The summed E-state index contributed by atoms with van der Waals surface area (Å²) in [6.45, 7) is 5.11. The predicted molar refractivity (Wildman–Crippen MR) is 75.9 cm³/mol. The van der Waals surface area contributed by atoms with Gasteiger partial charge < -0.3 is 15.3 Å². The van der Waals surface area contributed by atoms with Gasteiger partial charge in [0.25, 0.3) is 0 Å². The SMILES string of the molecule is Cc1ccc(C(C(C)N)N(CCCO)C2CCC2)o1. The van der Waals surface area contributed by atoms with E-state index in [4.69, 9.17) is 15.3 Å². The Labute approximate surface area is 115 Å². The summed E-state index contributed by atoms with van der Waals surface area (Å²) in [6, 6.07) is 4.76. The van der Waals surface area contributed by atoms with Crippen LogP contribution < -0.4 is 5.73 Å². The Morgan fingerprint density at radius 2 is 2.21 bits per heavy atom. The highest BCUT2D eigenvalue weighted by Gasteiger charge is 2.34. The van der Waals surface area contributed by atoms with Crippen LogP contribution in [0.4, 0.5) is 0 Å². The lowest BCUT2D eigenvalue weighted by atomic mass is 9.88. The fourth-order valence-corrected chi connectivity index (χ4v) is 2.86. The molecule has 1 fully saturated rings. The number of aryl methyl sites for hydroxylation is 1. The lowest BCUT2D eigenvalue weighted by Crippen LogP contribution is -2.48. The molecule has 2 unspecified atom stereocenters. The van der Waals surface area contributed by atoms with E-state index in [2.05, 4.69) is 4.90 Å². The van der Waals surface area contributed by atoms with Crippen molar-refractivity contribution in [3.63, 3.8) is 0 Å². The zero-order valence-electron chi connectivity index (χ0n) is 12.0. The molecule has 0 radical (unpaired) electrons. The van der Waals surface area contributed by atoms with Crippen LogP contribution in [0.5, 0.6) is 0 Å². The maximum Gasteiger partial charge on any atom is 0.122 e. The Bertz CT molecular complexity index is 385. The first-order valence-electron chi connectivity index (χ1n) is 7.32. The van der Waals surface area contributed by atoms with E-state index in [0.29, 0.717) is 6.04 Å². The van der Waals surface area contributed by atoms with Crippen molar-refractivity contribution >= 4 is 0 Å². The molecule has 0 aliphatic heterocycles. The first kappa shape index (κ1) is 14.6. The van der Waals surface area contributed by atoms with Crippen molar-refractivity contribution < 1.29 is 9.52 Å². The summed E-state index contributed by atoms with van der Waals surface area (Å²) in [4.78, 5) is 2.43. The average molecular weight is 266 g/mol. The molecule has 1 aliphatic rings. The topological polar surface area (TPSA) is 62.6 Å². The maximum atomic E-state index is 9.10. The molecule has 0 aromatic carbocycles. The van der Waals surface area contributed by atoms with Crippen LogP contribution >= 0.6 is 0 Å². The van der Waals surface area contributed by atoms with Gasteiger partial charge in [-0.25, -0.2) is 0 Å². The molecule has 0 bridgehead atoms. The first-order chi connectivity index (χ1) is 9.13. The van der Waals surface area contributed by atoms with Crippen LogP contribution in [-0.4, -0.2) is 35.2 Å². The minimum atomic E-state index is 0.0184. The van der Waals surface area contributed by atoms with Crippen molar-refractivity contribution in [3.05, 3.63) is 23.7 Å². The normalized spacial score (nSPS) is 19.4. The van der Waals surface area contributed by atoms with Gasteiger partial charge in [0.2, 0.25) is 0 Å². The second-order valence-corrected chi connectivity index (χ2v) is 5.65. The summed E-state index contributed by atoms with van der Waals surface area (Å²) in [7, 11) is 0. The molecule has 0 saturated heterocycles. The Morgan fingerprint density at radius 3 is 2.63 bits per heavy atom. The minimum absolute atomic E-state index is 0.0184. The molecule has 4 heteroatoms. The van der Waals surface area contributed by atoms with Crippen molar-refractivity contribution in [2.75, 3.05) is 13.2 Å². The summed E-state index contributed by atoms with van der Waals surface area (Å²) in [5.74, 6) is 1.88. The molecule has 0 spiro atoms. The largest absolute Gasteiger partial charge is 0.465 e. The third-order valence-corrected chi connectivity index (χ3v) is 4.03. The predicted octanol–water partition coefficient (Wildman–Crippen LogP) is 2.21. The lowest BCUT2D eigenvalue weighted by Gasteiger charge is -2.43. The molecule has 1 aromatic heterocycles. The molecule has 19 heavy (non-hydrogen) atoms. The third-order valence-electron chi connectivity index (χ3n) is 4.03. The van der Waals surface area contributed by atoms with Crippen molar-refractivity contribution in [1.82, 2.24) is 4.90 Å². The van der Waals surface area contributed by atoms with Crippen LogP contribution in [0.15, 0.2) is 16.5 Å². The lowest BCUT2D eigenvalue weighted by molar-refractivity contribution is 0.0507. The Hall–Kier alpha value is -0.840. The van der Waals surface area contributed by atoms with Crippen molar-refractivity contribution in [3.8, 4) is 0 Å². The summed E-state index contributed by atoms with van der Waals surface area (Å²) < 4.78 is 5.80. The molecule has 2 atom stereocenters. The highest BCUT2D eigenvalue weighted by molar-refractivity contribution is 5.12. The molecule has 1 heterocycles. The van der Waals surface area contributed by atoms with Gasteiger partial charge in [0, 0.05) is 25.2 Å². The molecule has 2 rings (SSSR count). The van der Waals surface area contributed by atoms with Gasteiger partial charge in [0.15, 0.2) is 0 Å². The van der Waals surface area contributed by atoms with E-state index in [1.165, 1.54) is 19.3 Å². The number of nitrogens with two attached hydrogens (primary N) is 1. The summed E-state index contributed by atoms with van der Waals surface area (Å²) in [6.07, 6.45) is 4.55. The molecule has 108 valence electrons. The summed E-state index contributed by atoms with van der Waals surface area (Å²) in [5.41, 5.74) is 6.20. The highest BCUT2D eigenvalue weighted by Crippen LogP contribution is 2.34. The monoisotopic (exact) mass is 266 g/mol. The molecular formula is C15H26N2O2. The molecule has 0 amide bonds. The van der Waals surface area contributed by atoms with Gasteiger partial charge in [-0.2, -0.15) is 0 Å². The molecule has 4 nitrogen and oxygen atoms in total. The van der Waals surface area contributed by atoms with Crippen LogP contribution in [0.3, 0.4) is 0 Å². The zero-order chi connectivity index (χ0) is 13.8. The van der Waals surface area contributed by atoms with Gasteiger partial charge in [-0.1, -0.05) is 6.42 Å². The van der Waals surface area contributed by atoms with Gasteiger partial charge in [0.1, 0.15) is 11.5 Å². The minimum Gasteiger partial charge on any atom is -0.465 e. The maximum absolute atomic E-state index is 9.10. The second kappa shape index (κ2) is 6.55. The standard InChI is InChI=1S/C15H26N2O2/c1-11-7-8-14(19-11)15(12(2)16)17(9-4-10-18)13-5-3-6-13/h7-8,12-13,15,18H,3-6,9-10,16H2,1-2H3. The van der Waals surface area contributed by atoms with E-state index in [9.17, 15) is 0 Å². The molecular weight excluding hydrogens is 240 g/mol. The fraction of sp³-hybridized carbons (Fsp3) is 0.733. The van der Waals surface area contributed by atoms with E-state index in [1.807, 2.05) is 26.0 Å². The molecule has 1 saturated carbocycles. The van der Waals surface area contributed by atoms with Gasteiger partial charge in [-0.3, -0.25) is 4.90 Å². The van der Waals surface area contributed by atoms with Crippen molar-refractivity contribution in [2.45, 2.75) is 57.7 Å². The van der Waals surface area contributed by atoms with Gasteiger partial charge >= 0.3 is 0 Å².